The molecular weight excluding hydrogens is 257 g/mol. The van der Waals surface area contributed by atoms with Gasteiger partial charge >= 0.3 is 0 Å². The molecule has 0 unspecified atom stereocenters. The predicted molar refractivity (Wildman–Crippen MR) is 65.1 cm³/mol. The Morgan fingerprint density at radius 3 is 2.53 bits per heavy atom. The van der Waals surface area contributed by atoms with Crippen LogP contribution < -0.4 is 11.1 Å². The topological polar surface area (TPSA) is 55.1 Å². The summed E-state index contributed by atoms with van der Waals surface area (Å²) in [6, 6.07) is 6.92. The fourth-order valence-corrected chi connectivity index (χ4v) is 1.50. The van der Waals surface area contributed by atoms with Crippen LogP contribution in [0.1, 0.15) is 10.4 Å². The lowest BCUT2D eigenvalue weighted by Crippen LogP contribution is -2.14. The maximum Gasteiger partial charge on any atom is 0.255 e. The standard InChI is InChI=1S/C13H9F3N2O/c14-8-3-1-2-7(6-8)13(19)18-10-5-4-9(15)11(16)12(10)17/h1-6H,17H2,(H,18,19). The van der Waals surface area contributed by atoms with E-state index >= 15 is 0 Å². The molecule has 0 bridgehead atoms. The van der Waals surface area contributed by atoms with E-state index in [1.807, 2.05) is 0 Å². The number of benzene rings is 2. The van der Waals surface area contributed by atoms with Gasteiger partial charge in [-0.25, -0.2) is 13.2 Å². The summed E-state index contributed by atoms with van der Waals surface area (Å²) in [7, 11) is 0. The van der Waals surface area contributed by atoms with Crippen molar-refractivity contribution in [2.45, 2.75) is 0 Å². The molecule has 98 valence electrons. The summed E-state index contributed by atoms with van der Waals surface area (Å²) in [6.45, 7) is 0. The van der Waals surface area contributed by atoms with E-state index in [0.29, 0.717) is 0 Å². The Morgan fingerprint density at radius 2 is 1.84 bits per heavy atom. The molecule has 2 rings (SSSR count). The lowest BCUT2D eigenvalue weighted by Gasteiger charge is -2.09. The van der Waals surface area contributed by atoms with Gasteiger partial charge < -0.3 is 11.1 Å². The van der Waals surface area contributed by atoms with Crippen LogP contribution in [0.3, 0.4) is 0 Å². The van der Waals surface area contributed by atoms with Crippen molar-refractivity contribution < 1.29 is 18.0 Å². The molecule has 3 N–H and O–H groups in total. The highest BCUT2D eigenvalue weighted by Gasteiger charge is 2.13. The average molecular weight is 266 g/mol. The smallest absolute Gasteiger partial charge is 0.255 e. The van der Waals surface area contributed by atoms with Crippen molar-refractivity contribution in [2.75, 3.05) is 11.1 Å². The van der Waals surface area contributed by atoms with E-state index in [-0.39, 0.29) is 11.3 Å². The number of anilines is 2. The van der Waals surface area contributed by atoms with Crippen molar-refractivity contribution in [3.8, 4) is 0 Å². The SMILES string of the molecule is Nc1c(NC(=O)c2cccc(F)c2)ccc(F)c1F. The van der Waals surface area contributed by atoms with Gasteiger partial charge in [-0.2, -0.15) is 0 Å². The predicted octanol–water partition coefficient (Wildman–Crippen LogP) is 2.94. The summed E-state index contributed by atoms with van der Waals surface area (Å²) in [4.78, 5) is 11.8. The molecule has 19 heavy (non-hydrogen) atoms. The average Bonchev–Trinajstić information content (AvgIpc) is 2.39. The minimum absolute atomic E-state index is 0.0455. The number of nitrogens with two attached hydrogens (primary N) is 1. The molecule has 3 nitrogen and oxygen atoms in total. The third kappa shape index (κ3) is 2.67. The summed E-state index contributed by atoms with van der Waals surface area (Å²) in [6.07, 6.45) is 0. The second-order valence-corrected chi connectivity index (χ2v) is 3.79. The number of halogens is 3. The summed E-state index contributed by atoms with van der Waals surface area (Å²) < 4.78 is 39.0. The van der Waals surface area contributed by atoms with Gasteiger partial charge in [0.2, 0.25) is 0 Å². The van der Waals surface area contributed by atoms with Crippen molar-refractivity contribution in [2.24, 2.45) is 0 Å². The first-order valence-corrected chi connectivity index (χ1v) is 5.29. The van der Waals surface area contributed by atoms with Crippen LogP contribution in [-0.2, 0) is 0 Å². The van der Waals surface area contributed by atoms with E-state index in [4.69, 9.17) is 5.73 Å². The molecule has 0 atom stereocenters. The third-order valence-corrected chi connectivity index (χ3v) is 2.47. The molecule has 0 aliphatic carbocycles. The molecule has 0 saturated heterocycles. The van der Waals surface area contributed by atoms with Crippen LogP contribution in [0.15, 0.2) is 36.4 Å². The first-order valence-electron chi connectivity index (χ1n) is 5.29. The second kappa shape index (κ2) is 5.01. The normalized spacial score (nSPS) is 10.3. The largest absolute Gasteiger partial charge is 0.395 e. The van der Waals surface area contributed by atoms with E-state index in [1.165, 1.54) is 18.2 Å². The zero-order valence-corrected chi connectivity index (χ0v) is 9.58. The molecular formula is C13H9F3N2O. The Kier molecular flexibility index (Phi) is 3.41. The van der Waals surface area contributed by atoms with Crippen LogP contribution in [0, 0.1) is 17.5 Å². The molecule has 0 fully saturated rings. The summed E-state index contributed by atoms with van der Waals surface area (Å²) in [5, 5.41) is 2.28. The maximum absolute atomic E-state index is 13.2. The molecule has 0 heterocycles. The van der Waals surface area contributed by atoms with Gasteiger partial charge in [-0.15, -0.1) is 0 Å². The minimum atomic E-state index is -1.24. The fraction of sp³-hybridized carbons (Fsp3) is 0. The Morgan fingerprint density at radius 1 is 1.11 bits per heavy atom. The van der Waals surface area contributed by atoms with Gasteiger partial charge in [-0.3, -0.25) is 4.79 Å². The van der Waals surface area contributed by atoms with Crippen LogP contribution in [-0.4, -0.2) is 5.91 Å². The number of hydrogen-bond acceptors (Lipinski definition) is 2. The van der Waals surface area contributed by atoms with Crippen molar-refractivity contribution in [3.63, 3.8) is 0 Å². The number of nitrogens with one attached hydrogen (secondary N) is 1. The molecule has 0 spiro atoms. The van der Waals surface area contributed by atoms with Crippen LogP contribution in [0.5, 0.6) is 0 Å². The Balaban J connectivity index is 2.27. The summed E-state index contributed by atoms with van der Waals surface area (Å²) in [5.41, 5.74) is 4.80. The Labute approximate surface area is 106 Å². The summed E-state index contributed by atoms with van der Waals surface area (Å²) in [5.74, 6) is -3.60. The molecule has 0 aromatic heterocycles. The molecule has 6 heteroatoms. The number of hydrogen-bond donors (Lipinski definition) is 2. The van der Waals surface area contributed by atoms with Gasteiger partial charge in [-0.05, 0) is 30.3 Å². The summed E-state index contributed by atoms with van der Waals surface area (Å²) >= 11 is 0. The van der Waals surface area contributed by atoms with Crippen molar-refractivity contribution in [1.82, 2.24) is 0 Å². The van der Waals surface area contributed by atoms with Crippen molar-refractivity contribution in [1.29, 1.82) is 0 Å². The quantitative estimate of drug-likeness (QED) is 0.821. The van der Waals surface area contributed by atoms with E-state index < -0.39 is 29.0 Å². The van der Waals surface area contributed by atoms with Crippen LogP contribution in [0.4, 0.5) is 24.5 Å². The molecule has 0 aliphatic heterocycles. The fourth-order valence-electron chi connectivity index (χ4n) is 1.50. The third-order valence-electron chi connectivity index (χ3n) is 2.47. The van der Waals surface area contributed by atoms with Gasteiger partial charge in [0.25, 0.3) is 5.91 Å². The molecule has 0 saturated carbocycles. The van der Waals surface area contributed by atoms with Gasteiger partial charge in [-0.1, -0.05) is 6.07 Å². The maximum atomic E-state index is 13.2. The zero-order valence-electron chi connectivity index (χ0n) is 9.58. The number of amides is 1. The molecule has 2 aromatic rings. The Bertz CT molecular complexity index is 644. The molecule has 0 radical (unpaired) electrons. The van der Waals surface area contributed by atoms with E-state index in [1.54, 1.807) is 0 Å². The van der Waals surface area contributed by atoms with Gasteiger partial charge in [0.1, 0.15) is 5.82 Å². The van der Waals surface area contributed by atoms with Crippen LogP contribution in [0.25, 0.3) is 0 Å². The molecule has 0 aliphatic rings. The Hall–Kier alpha value is -2.50. The highest BCUT2D eigenvalue weighted by molar-refractivity contribution is 6.05. The van der Waals surface area contributed by atoms with Crippen molar-refractivity contribution in [3.05, 3.63) is 59.4 Å². The minimum Gasteiger partial charge on any atom is -0.395 e. The molecule has 1 amide bonds. The lowest BCUT2D eigenvalue weighted by molar-refractivity contribution is 0.102. The number of carbonyl (C=O) groups excluding carboxylic acids is 1. The number of nitrogen functional groups attached to an aromatic ring is 1. The van der Waals surface area contributed by atoms with Crippen LogP contribution in [0.2, 0.25) is 0 Å². The van der Waals surface area contributed by atoms with Gasteiger partial charge in [0.15, 0.2) is 11.6 Å². The van der Waals surface area contributed by atoms with E-state index in [9.17, 15) is 18.0 Å². The first kappa shape index (κ1) is 12.9. The van der Waals surface area contributed by atoms with E-state index in [0.717, 1.165) is 18.2 Å². The highest BCUT2D eigenvalue weighted by atomic mass is 19.2. The molecule has 2 aromatic carbocycles. The van der Waals surface area contributed by atoms with Crippen LogP contribution >= 0.6 is 0 Å². The number of carbonyl (C=O) groups is 1. The van der Waals surface area contributed by atoms with Gasteiger partial charge in [0, 0.05) is 5.56 Å². The number of rotatable bonds is 2. The van der Waals surface area contributed by atoms with Gasteiger partial charge in [0.05, 0.1) is 11.4 Å². The zero-order chi connectivity index (χ0) is 14.0. The first-order chi connectivity index (χ1) is 8.99. The second-order valence-electron chi connectivity index (χ2n) is 3.79. The van der Waals surface area contributed by atoms with E-state index in [2.05, 4.69) is 5.32 Å². The van der Waals surface area contributed by atoms with Crippen molar-refractivity contribution >= 4 is 17.3 Å². The lowest BCUT2D eigenvalue weighted by atomic mass is 10.2. The monoisotopic (exact) mass is 266 g/mol. The highest BCUT2D eigenvalue weighted by Crippen LogP contribution is 2.24.